The predicted molar refractivity (Wildman–Crippen MR) is 87.4 cm³/mol. The van der Waals surface area contributed by atoms with E-state index in [1.807, 2.05) is 11.0 Å². The maximum atomic E-state index is 12.4. The molecule has 0 spiro atoms. The fraction of sp³-hybridized carbons (Fsp3) is 0.333. The molecule has 3 rings (SSSR count). The Morgan fingerprint density at radius 3 is 2.67 bits per heavy atom. The van der Waals surface area contributed by atoms with Gasteiger partial charge in [0.25, 0.3) is 5.91 Å². The molecule has 6 heteroatoms. The van der Waals surface area contributed by atoms with Crippen molar-refractivity contribution in [3.8, 4) is 0 Å². The zero-order valence-corrected chi connectivity index (χ0v) is 13.9. The quantitative estimate of drug-likeness (QED) is 0.838. The van der Waals surface area contributed by atoms with E-state index >= 15 is 0 Å². The first-order valence-electron chi connectivity index (χ1n) is 6.88. The largest absolute Gasteiger partial charge is 0.335 e. The highest BCUT2D eigenvalue weighted by Gasteiger charge is 2.22. The molecule has 4 nitrogen and oxygen atoms in total. The Morgan fingerprint density at radius 1 is 1.24 bits per heavy atom. The molecule has 21 heavy (non-hydrogen) atoms. The van der Waals surface area contributed by atoms with Crippen LogP contribution in [0.15, 0.2) is 40.3 Å². The molecule has 0 atom stereocenters. The van der Waals surface area contributed by atoms with Crippen LogP contribution in [-0.2, 0) is 6.54 Å². The van der Waals surface area contributed by atoms with Gasteiger partial charge in [-0.15, -0.1) is 11.3 Å². The Kier molecular flexibility index (Phi) is 4.67. The van der Waals surface area contributed by atoms with Crippen LogP contribution in [0.2, 0.25) is 0 Å². The number of amides is 1. The Morgan fingerprint density at radius 2 is 2.05 bits per heavy atom. The van der Waals surface area contributed by atoms with Gasteiger partial charge in [0.2, 0.25) is 0 Å². The molecule has 3 heterocycles. The van der Waals surface area contributed by atoms with Gasteiger partial charge < -0.3 is 4.90 Å². The number of carbonyl (C=O) groups excluding carboxylic acids is 1. The van der Waals surface area contributed by atoms with Crippen LogP contribution < -0.4 is 0 Å². The van der Waals surface area contributed by atoms with Gasteiger partial charge in [0.1, 0.15) is 5.69 Å². The zero-order chi connectivity index (χ0) is 14.7. The molecule has 2 aromatic heterocycles. The van der Waals surface area contributed by atoms with Crippen molar-refractivity contribution in [3.63, 3.8) is 0 Å². The van der Waals surface area contributed by atoms with Crippen molar-refractivity contribution in [1.82, 2.24) is 14.8 Å². The standard InChI is InChI=1S/C15H16BrN3OS/c16-12-3-4-14(17-10-12)15(20)19-7-5-18(6-8-19)11-13-2-1-9-21-13/h1-4,9-10H,5-8,11H2. The molecule has 0 aliphatic carbocycles. The van der Waals surface area contributed by atoms with Crippen LogP contribution in [0, 0.1) is 0 Å². The van der Waals surface area contributed by atoms with E-state index in [1.165, 1.54) is 4.88 Å². The number of aromatic nitrogens is 1. The van der Waals surface area contributed by atoms with E-state index in [1.54, 1.807) is 23.6 Å². The first kappa shape index (κ1) is 14.7. The summed E-state index contributed by atoms with van der Waals surface area (Å²) >= 11 is 5.12. The number of pyridine rings is 1. The summed E-state index contributed by atoms with van der Waals surface area (Å²) < 4.78 is 0.889. The second kappa shape index (κ2) is 6.68. The summed E-state index contributed by atoms with van der Waals surface area (Å²) in [6.07, 6.45) is 1.67. The summed E-state index contributed by atoms with van der Waals surface area (Å²) in [7, 11) is 0. The fourth-order valence-corrected chi connectivity index (χ4v) is 3.38. The third kappa shape index (κ3) is 3.70. The van der Waals surface area contributed by atoms with E-state index in [0.717, 1.165) is 37.2 Å². The Labute approximate surface area is 136 Å². The van der Waals surface area contributed by atoms with Crippen molar-refractivity contribution >= 4 is 33.2 Å². The lowest BCUT2D eigenvalue weighted by molar-refractivity contribution is 0.0624. The minimum absolute atomic E-state index is 0.0262. The van der Waals surface area contributed by atoms with Crippen molar-refractivity contribution in [2.45, 2.75) is 6.54 Å². The maximum absolute atomic E-state index is 12.4. The Bertz CT molecular complexity index is 592. The number of hydrogen-bond donors (Lipinski definition) is 0. The molecule has 1 aliphatic heterocycles. The molecular weight excluding hydrogens is 350 g/mol. The molecule has 0 radical (unpaired) electrons. The topological polar surface area (TPSA) is 36.4 Å². The molecule has 0 aromatic carbocycles. The molecule has 1 fully saturated rings. The van der Waals surface area contributed by atoms with Crippen LogP contribution in [0.5, 0.6) is 0 Å². The van der Waals surface area contributed by atoms with Gasteiger partial charge in [-0.25, -0.2) is 4.98 Å². The molecule has 0 saturated carbocycles. The second-order valence-electron chi connectivity index (χ2n) is 5.01. The van der Waals surface area contributed by atoms with Crippen molar-refractivity contribution in [1.29, 1.82) is 0 Å². The van der Waals surface area contributed by atoms with Crippen molar-refractivity contribution in [2.24, 2.45) is 0 Å². The summed E-state index contributed by atoms with van der Waals surface area (Å²) in [5, 5.41) is 2.11. The smallest absolute Gasteiger partial charge is 0.272 e. The van der Waals surface area contributed by atoms with Crippen molar-refractivity contribution < 1.29 is 4.79 Å². The molecule has 1 amide bonds. The first-order valence-corrected chi connectivity index (χ1v) is 8.55. The van der Waals surface area contributed by atoms with Gasteiger partial charge in [0.05, 0.1) is 0 Å². The van der Waals surface area contributed by atoms with Crippen molar-refractivity contribution in [3.05, 3.63) is 50.9 Å². The number of hydrogen-bond acceptors (Lipinski definition) is 4. The minimum atomic E-state index is 0.0262. The number of rotatable bonds is 3. The third-order valence-electron chi connectivity index (χ3n) is 3.57. The predicted octanol–water partition coefficient (Wildman–Crippen LogP) is 2.86. The van der Waals surface area contributed by atoms with Crippen LogP contribution in [0.3, 0.4) is 0 Å². The van der Waals surface area contributed by atoms with E-state index < -0.39 is 0 Å². The van der Waals surface area contributed by atoms with Crippen LogP contribution in [0.4, 0.5) is 0 Å². The van der Waals surface area contributed by atoms with Crippen LogP contribution >= 0.6 is 27.3 Å². The summed E-state index contributed by atoms with van der Waals surface area (Å²) in [4.78, 5) is 22.2. The van der Waals surface area contributed by atoms with Gasteiger partial charge in [-0.3, -0.25) is 9.69 Å². The van der Waals surface area contributed by atoms with Gasteiger partial charge in [-0.2, -0.15) is 0 Å². The summed E-state index contributed by atoms with van der Waals surface area (Å²) in [5.41, 5.74) is 0.518. The minimum Gasteiger partial charge on any atom is -0.335 e. The molecular formula is C15H16BrN3OS. The van der Waals surface area contributed by atoms with E-state index in [9.17, 15) is 4.79 Å². The van der Waals surface area contributed by atoms with E-state index in [-0.39, 0.29) is 5.91 Å². The number of nitrogens with zero attached hydrogens (tertiary/aromatic N) is 3. The first-order chi connectivity index (χ1) is 10.2. The Hall–Kier alpha value is -1.24. The molecule has 1 saturated heterocycles. The molecule has 110 valence electrons. The number of thiophene rings is 1. The van der Waals surface area contributed by atoms with Crippen LogP contribution in [0.1, 0.15) is 15.4 Å². The average Bonchev–Trinajstić information content (AvgIpc) is 3.01. The van der Waals surface area contributed by atoms with E-state index in [4.69, 9.17) is 0 Å². The Balaban J connectivity index is 1.55. The normalized spacial score (nSPS) is 16.1. The summed E-state index contributed by atoms with van der Waals surface area (Å²) in [6.45, 7) is 4.35. The van der Waals surface area contributed by atoms with Crippen LogP contribution in [0.25, 0.3) is 0 Å². The molecule has 0 N–H and O–H groups in total. The maximum Gasteiger partial charge on any atom is 0.272 e. The highest BCUT2D eigenvalue weighted by Crippen LogP contribution is 2.15. The average molecular weight is 366 g/mol. The molecule has 1 aliphatic rings. The summed E-state index contributed by atoms with van der Waals surface area (Å²) in [6, 6.07) is 7.87. The number of piperazine rings is 1. The second-order valence-corrected chi connectivity index (χ2v) is 6.96. The fourth-order valence-electron chi connectivity index (χ4n) is 2.40. The van der Waals surface area contributed by atoms with Crippen molar-refractivity contribution in [2.75, 3.05) is 26.2 Å². The van der Waals surface area contributed by atoms with E-state index in [0.29, 0.717) is 5.69 Å². The lowest BCUT2D eigenvalue weighted by atomic mass is 10.2. The number of halogens is 1. The van der Waals surface area contributed by atoms with Gasteiger partial charge in [0, 0.05) is 48.3 Å². The van der Waals surface area contributed by atoms with Gasteiger partial charge >= 0.3 is 0 Å². The van der Waals surface area contributed by atoms with E-state index in [2.05, 4.69) is 43.3 Å². The molecule has 2 aromatic rings. The van der Waals surface area contributed by atoms with Crippen LogP contribution in [-0.4, -0.2) is 46.9 Å². The SMILES string of the molecule is O=C(c1ccc(Br)cn1)N1CCN(Cc2cccs2)CC1. The molecule has 0 bridgehead atoms. The lowest BCUT2D eigenvalue weighted by Gasteiger charge is -2.34. The van der Waals surface area contributed by atoms with Gasteiger partial charge in [-0.05, 0) is 39.5 Å². The zero-order valence-electron chi connectivity index (χ0n) is 11.5. The monoisotopic (exact) mass is 365 g/mol. The third-order valence-corrected chi connectivity index (χ3v) is 4.90. The van der Waals surface area contributed by atoms with Gasteiger partial charge in [0.15, 0.2) is 0 Å². The summed E-state index contributed by atoms with van der Waals surface area (Å²) in [5.74, 6) is 0.0262. The van der Waals surface area contributed by atoms with Gasteiger partial charge in [-0.1, -0.05) is 6.07 Å². The highest BCUT2D eigenvalue weighted by atomic mass is 79.9. The number of carbonyl (C=O) groups is 1. The lowest BCUT2D eigenvalue weighted by Crippen LogP contribution is -2.48. The molecule has 0 unspecified atom stereocenters. The highest BCUT2D eigenvalue weighted by molar-refractivity contribution is 9.10.